The van der Waals surface area contributed by atoms with Gasteiger partial charge < -0.3 is 14.8 Å². The van der Waals surface area contributed by atoms with Gasteiger partial charge in [-0.1, -0.05) is 18.5 Å². The van der Waals surface area contributed by atoms with Gasteiger partial charge in [0, 0.05) is 31.4 Å². The first-order chi connectivity index (χ1) is 10.1. The largest absolute Gasteiger partial charge is 0.495 e. The third-order valence-corrected chi connectivity index (χ3v) is 3.57. The molecule has 0 unspecified atom stereocenters. The Morgan fingerprint density at radius 2 is 1.95 bits per heavy atom. The van der Waals surface area contributed by atoms with Gasteiger partial charge in [-0.15, -0.1) is 0 Å². The van der Waals surface area contributed by atoms with Gasteiger partial charge in [0.1, 0.15) is 11.5 Å². The average Bonchev–Trinajstić information content (AvgIpc) is 2.85. The van der Waals surface area contributed by atoms with E-state index in [-0.39, 0.29) is 0 Å². The van der Waals surface area contributed by atoms with Crippen molar-refractivity contribution in [1.82, 2.24) is 9.78 Å². The lowest BCUT2D eigenvalue weighted by Gasteiger charge is -2.13. The molecule has 0 saturated carbocycles. The van der Waals surface area contributed by atoms with Crippen LogP contribution in [0.1, 0.15) is 18.2 Å². The first-order valence-corrected chi connectivity index (χ1v) is 7.13. The molecule has 0 aliphatic carbocycles. The molecule has 0 aliphatic rings. The van der Waals surface area contributed by atoms with Gasteiger partial charge in [-0.25, -0.2) is 0 Å². The molecule has 21 heavy (non-hydrogen) atoms. The summed E-state index contributed by atoms with van der Waals surface area (Å²) in [6, 6.07) is 3.58. The predicted molar refractivity (Wildman–Crippen MR) is 84.5 cm³/mol. The van der Waals surface area contributed by atoms with Crippen LogP contribution < -0.4 is 14.8 Å². The van der Waals surface area contributed by atoms with Crippen molar-refractivity contribution in [3.05, 3.63) is 34.6 Å². The van der Waals surface area contributed by atoms with Gasteiger partial charge in [-0.3, -0.25) is 4.68 Å². The van der Waals surface area contributed by atoms with Gasteiger partial charge in [-0.05, 0) is 12.5 Å². The van der Waals surface area contributed by atoms with Crippen LogP contribution in [0.15, 0.2) is 18.3 Å². The van der Waals surface area contributed by atoms with Crippen LogP contribution in [-0.2, 0) is 20.0 Å². The summed E-state index contributed by atoms with van der Waals surface area (Å²) in [6.45, 7) is 2.76. The van der Waals surface area contributed by atoms with E-state index in [2.05, 4.69) is 17.3 Å². The van der Waals surface area contributed by atoms with E-state index < -0.39 is 0 Å². The summed E-state index contributed by atoms with van der Waals surface area (Å²) >= 11 is 6.17. The van der Waals surface area contributed by atoms with Gasteiger partial charge >= 0.3 is 0 Å². The number of nitrogens with zero attached hydrogens (tertiary/aromatic N) is 2. The Bertz CT molecular complexity index is 626. The summed E-state index contributed by atoms with van der Waals surface area (Å²) in [4.78, 5) is 0. The van der Waals surface area contributed by atoms with E-state index in [4.69, 9.17) is 21.1 Å². The summed E-state index contributed by atoms with van der Waals surface area (Å²) in [5.41, 5.74) is 3.08. The fourth-order valence-corrected chi connectivity index (χ4v) is 2.46. The van der Waals surface area contributed by atoms with Crippen LogP contribution in [0.5, 0.6) is 11.5 Å². The van der Waals surface area contributed by atoms with Crippen LogP contribution in [0, 0.1) is 0 Å². The van der Waals surface area contributed by atoms with Crippen molar-refractivity contribution >= 4 is 17.3 Å². The van der Waals surface area contributed by atoms with Gasteiger partial charge in [0.2, 0.25) is 0 Å². The maximum Gasteiger partial charge on any atom is 0.145 e. The molecule has 6 heteroatoms. The summed E-state index contributed by atoms with van der Waals surface area (Å²) < 4.78 is 12.4. The zero-order chi connectivity index (χ0) is 15.4. The van der Waals surface area contributed by atoms with Crippen LogP contribution >= 0.6 is 11.6 Å². The molecule has 2 rings (SSSR count). The zero-order valence-electron chi connectivity index (χ0n) is 12.7. The first kappa shape index (κ1) is 15.5. The molecule has 0 fully saturated rings. The van der Waals surface area contributed by atoms with Gasteiger partial charge in [0.15, 0.2) is 0 Å². The second kappa shape index (κ2) is 6.72. The maximum atomic E-state index is 6.17. The molecule has 0 bridgehead atoms. The minimum absolute atomic E-state index is 0.544. The first-order valence-electron chi connectivity index (χ1n) is 6.75. The Morgan fingerprint density at radius 3 is 2.57 bits per heavy atom. The minimum Gasteiger partial charge on any atom is -0.495 e. The van der Waals surface area contributed by atoms with Gasteiger partial charge in [0.25, 0.3) is 0 Å². The molecule has 0 radical (unpaired) electrons. The fraction of sp³-hybridized carbons (Fsp3) is 0.400. The van der Waals surface area contributed by atoms with Crippen molar-refractivity contribution in [2.24, 2.45) is 7.05 Å². The molecule has 0 saturated heterocycles. The van der Waals surface area contributed by atoms with Crippen LogP contribution in [0.25, 0.3) is 0 Å². The topological polar surface area (TPSA) is 48.3 Å². The number of rotatable bonds is 6. The molecule has 0 aliphatic heterocycles. The van der Waals surface area contributed by atoms with Crippen molar-refractivity contribution in [2.75, 3.05) is 19.5 Å². The van der Waals surface area contributed by atoms with Crippen molar-refractivity contribution in [3.63, 3.8) is 0 Å². The number of aromatic nitrogens is 2. The molecule has 0 atom stereocenters. The SMILES string of the molecule is CCc1nn(C)cc1CNc1cc(Cl)c(OC)cc1OC. The van der Waals surface area contributed by atoms with Crippen molar-refractivity contribution in [2.45, 2.75) is 19.9 Å². The number of halogens is 1. The number of hydrogen-bond donors (Lipinski definition) is 1. The number of aryl methyl sites for hydroxylation is 2. The molecule has 0 amide bonds. The van der Waals surface area contributed by atoms with E-state index >= 15 is 0 Å². The van der Waals surface area contributed by atoms with E-state index in [1.807, 2.05) is 17.9 Å². The summed E-state index contributed by atoms with van der Waals surface area (Å²) in [5, 5.41) is 8.31. The van der Waals surface area contributed by atoms with E-state index in [0.29, 0.717) is 23.1 Å². The second-order valence-electron chi connectivity index (χ2n) is 4.67. The molecule has 2 aromatic rings. The molecule has 1 aromatic carbocycles. The molecule has 5 nitrogen and oxygen atoms in total. The van der Waals surface area contributed by atoms with E-state index in [1.54, 1.807) is 26.4 Å². The highest BCUT2D eigenvalue weighted by Gasteiger charge is 2.11. The third kappa shape index (κ3) is 3.42. The zero-order valence-corrected chi connectivity index (χ0v) is 13.5. The van der Waals surface area contributed by atoms with E-state index in [1.165, 1.54) is 0 Å². The molecular weight excluding hydrogens is 290 g/mol. The number of benzene rings is 1. The second-order valence-corrected chi connectivity index (χ2v) is 5.08. The summed E-state index contributed by atoms with van der Waals surface area (Å²) in [7, 11) is 5.12. The molecule has 114 valence electrons. The van der Waals surface area contributed by atoms with Gasteiger partial charge in [-0.2, -0.15) is 5.10 Å². The normalized spacial score (nSPS) is 10.5. The number of ether oxygens (including phenoxy) is 2. The standard InChI is InChI=1S/C15H20ClN3O2/c1-5-12-10(9-19(2)18-12)8-17-13-6-11(16)14(20-3)7-15(13)21-4/h6-7,9,17H,5,8H2,1-4H3. The maximum absolute atomic E-state index is 6.17. The van der Waals surface area contributed by atoms with Crippen LogP contribution in [0.2, 0.25) is 5.02 Å². The summed E-state index contributed by atoms with van der Waals surface area (Å²) in [6.07, 6.45) is 2.92. The quantitative estimate of drug-likeness (QED) is 0.889. The Hall–Kier alpha value is -1.88. The van der Waals surface area contributed by atoms with Crippen molar-refractivity contribution in [3.8, 4) is 11.5 Å². The van der Waals surface area contributed by atoms with Crippen LogP contribution in [-0.4, -0.2) is 24.0 Å². The smallest absolute Gasteiger partial charge is 0.145 e. The molecule has 0 spiro atoms. The average molecular weight is 310 g/mol. The van der Waals surface area contributed by atoms with Gasteiger partial charge in [0.05, 0.1) is 30.6 Å². The summed E-state index contributed by atoms with van der Waals surface area (Å²) in [5.74, 6) is 1.29. The predicted octanol–water partition coefficient (Wildman–Crippen LogP) is 3.27. The Balaban J connectivity index is 2.21. The third-order valence-electron chi connectivity index (χ3n) is 3.27. The lowest BCUT2D eigenvalue weighted by Crippen LogP contribution is -2.03. The minimum atomic E-state index is 0.544. The lowest BCUT2D eigenvalue weighted by molar-refractivity contribution is 0.395. The Morgan fingerprint density at radius 1 is 1.24 bits per heavy atom. The Labute approximate surface area is 129 Å². The number of methoxy groups -OCH3 is 2. The van der Waals surface area contributed by atoms with E-state index in [9.17, 15) is 0 Å². The van der Waals surface area contributed by atoms with E-state index in [0.717, 1.165) is 23.4 Å². The molecular formula is C15H20ClN3O2. The Kier molecular flexibility index (Phi) is 4.96. The van der Waals surface area contributed by atoms with Crippen molar-refractivity contribution in [1.29, 1.82) is 0 Å². The molecule has 1 aromatic heterocycles. The monoisotopic (exact) mass is 309 g/mol. The van der Waals surface area contributed by atoms with Crippen LogP contribution in [0.4, 0.5) is 5.69 Å². The number of nitrogens with one attached hydrogen (secondary N) is 1. The highest BCUT2D eigenvalue weighted by Crippen LogP contribution is 2.36. The number of hydrogen-bond acceptors (Lipinski definition) is 4. The number of anilines is 1. The van der Waals surface area contributed by atoms with Crippen LogP contribution in [0.3, 0.4) is 0 Å². The molecule has 1 heterocycles. The van der Waals surface area contributed by atoms with Crippen molar-refractivity contribution < 1.29 is 9.47 Å². The fourth-order valence-electron chi connectivity index (χ4n) is 2.22. The lowest BCUT2D eigenvalue weighted by atomic mass is 10.2. The highest BCUT2D eigenvalue weighted by molar-refractivity contribution is 6.32. The molecule has 1 N–H and O–H groups in total. The highest BCUT2D eigenvalue weighted by atomic mass is 35.5.